The average molecular weight is 597 g/mol. The first kappa shape index (κ1) is 28.3. The minimum Gasteiger partial charge on any atom is -0.475 e. The van der Waals surface area contributed by atoms with Crippen molar-refractivity contribution >= 4 is 40.0 Å². The number of ether oxygens (including phenoxy) is 2. The molecule has 2 atom stereocenters. The molecule has 1 aliphatic rings. The maximum absolute atomic E-state index is 16.3. The van der Waals surface area contributed by atoms with Crippen LogP contribution in [0.25, 0.3) is 22.2 Å². The van der Waals surface area contributed by atoms with Gasteiger partial charge in [-0.15, -0.1) is 0 Å². The van der Waals surface area contributed by atoms with Gasteiger partial charge in [-0.25, -0.2) is 23.7 Å². The van der Waals surface area contributed by atoms with Crippen molar-refractivity contribution in [2.75, 3.05) is 30.1 Å². The standard InChI is InChI=1S/C25H22ClF5N8O2/c1-8-7-41-23-14-19(17(28)18(36-23)13-15(25(29,30)31)9(2)35-21(33)16(13)27)37-24(40-4)38-22(14)39(8)10(3)12-5-11(26)6-34-20(12)32/h5-6,8,10H,7H2,1-4H3,(H2,32,34)(H2,33,35)/t8-,10?/m0/s1. The van der Waals surface area contributed by atoms with Crippen LogP contribution < -0.4 is 25.8 Å². The van der Waals surface area contributed by atoms with Gasteiger partial charge in [-0.1, -0.05) is 11.6 Å². The second-order valence-electron chi connectivity index (χ2n) is 9.35. The number of hydrogen-bond donors (Lipinski definition) is 2. The molecule has 0 saturated heterocycles. The Kier molecular flexibility index (Phi) is 6.88. The Balaban J connectivity index is 1.85. The smallest absolute Gasteiger partial charge is 0.418 e. The summed E-state index contributed by atoms with van der Waals surface area (Å²) in [4.78, 5) is 21.8. The number of aryl methyl sites for hydroxylation is 1. The number of pyridine rings is 3. The summed E-state index contributed by atoms with van der Waals surface area (Å²) in [6, 6.07) is 0.227. The van der Waals surface area contributed by atoms with Crippen LogP contribution in [0.3, 0.4) is 0 Å². The molecule has 1 unspecified atom stereocenters. The molecule has 4 N–H and O–H groups in total. The van der Waals surface area contributed by atoms with E-state index in [9.17, 15) is 13.2 Å². The zero-order chi connectivity index (χ0) is 30.0. The summed E-state index contributed by atoms with van der Waals surface area (Å²) in [6.07, 6.45) is -3.74. The third-order valence-electron chi connectivity index (χ3n) is 6.72. The first-order chi connectivity index (χ1) is 19.2. The van der Waals surface area contributed by atoms with E-state index in [1.165, 1.54) is 13.3 Å². The minimum atomic E-state index is -5.13. The number of methoxy groups -OCH3 is 1. The topological polar surface area (TPSA) is 138 Å². The molecule has 10 nitrogen and oxygen atoms in total. The summed E-state index contributed by atoms with van der Waals surface area (Å²) >= 11 is 6.16. The molecule has 0 saturated carbocycles. The number of alkyl halides is 3. The molecule has 0 radical (unpaired) electrons. The SMILES string of the molecule is COc1nc2c3c(nc(-c4c(F)c(N)nc(C)c4C(F)(F)F)c(F)c3n1)OC[C@H](C)N2C(C)c1cc(Cl)cnc1N. The van der Waals surface area contributed by atoms with Gasteiger partial charge in [-0.3, -0.25) is 0 Å². The van der Waals surface area contributed by atoms with E-state index >= 15 is 8.78 Å². The first-order valence-corrected chi connectivity index (χ1v) is 12.4. The molecule has 16 heteroatoms. The molecular weight excluding hydrogens is 575 g/mol. The molecule has 0 aromatic carbocycles. The third kappa shape index (κ3) is 4.63. The molecule has 0 fully saturated rings. The first-order valence-electron chi connectivity index (χ1n) is 12.0. The van der Waals surface area contributed by atoms with Crippen LogP contribution in [0.4, 0.5) is 39.4 Å². The molecule has 4 aromatic rings. The van der Waals surface area contributed by atoms with E-state index in [-0.39, 0.29) is 35.5 Å². The normalized spacial score (nSPS) is 16.0. The van der Waals surface area contributed by atoms with Gasteiger partial charge in [0, 0.05) is 11.8 Å². The van der Waals surface area contributed by atoms with E-state index in [0.717, 1.165) is 6.92 Å². The monoisotopic (exact) mass is 596 g/mol. The van der Waals surface area contributed by atoms with E-state index in [1.807, 2.05) is 0 Å². The number of hydrogen-bond acceptors (Lipinski definition) is 10. The number of rotatable bonds is 4. The number of nitrogen functional groups attached to an aromatic ring is 2. The van der Waals surface area contributed by atoms with Gasteiger partial charge in [-0.2, -0.15) is 23.1 Å². The van der Waals surface area contributed by atoms with Crippen LogP contribution in [0.2, 0.25) is 5.02 Å². The van der Waals surface area contributed by atoms with Gasteiger partial charge in [0.1, 0.15) is 34.8 Å². The summed E-state index contributed by atoms with van der Waals surface area (Å²) in [5, 5.41) is 0.238. The fourth-order valence-corrected chi connectivity index (χ4v) is 5.10. The van der Waals surface area contributed by atoms with Crippen LogP contribution in [0, 0.1) is 18.6 Å². The van der Waals surface area contributed by atoms with E-state index in [2.05, 4.69) is 24.9 Å². The van der Waals surface area contributed by atoms with Crippen LogP contribution in [0.15, 0.2) is 12.3 Å². The molecule has 0 spiro atoms. The van der Waals surface area contributed by atoms with Crippen molar-refractivity contribution in [1.29, 1.82) is 0 Å². The summed E-state index contributed by atoms with van der Waals surface area (Å²) in [5.74, 6) is -3.90. The van der Waals surface area contributed by atoms with Crippen LogP contribution in [0.5, 0.6) is 11.9 Å². The highest BCUT2D eigenvalue weighted by molar-refractivity contribution is 6.30. The van der Waals surface area contributed by atoms with Gasteiger partial charge in [0.2, 0.25) is 5.88 Å². The van der Waals surface area contributed by atoms with Crippen LogP contribution in [-0.2, 0) is 6.18 Å². The number of nitrogens with zero attached hydrogens (tertiary/aromatic N) is 6. The van der Waals surface area contributed by atoms with E-state index < -0.39 is 63.7 Å². The Morgan fingerprint density at radius 2 is 1.83 bits per heavy atom. The van der Waals surface area contributed by atoms with Gasteiger partial charge in [-0.05, 0) is 26.8 Å². The highest BCUT2D eigenvalue weighted by Crippen LogP contribution is 2.46. The van der Waals surface area contributed by atoms with Crippen molar-refractivity contribution in [2.45, 2.75) is 39.0 Å². The molecule has 41 heavy (non-hydrogen) atoms. The van der Waals surface area contributed by atoms with Crippen molar-refractivity contribution in [2.24, 2.45) is 0 Å². The summed E-state index contributed by atoms with van der Waals surface area (Å²) < 4.78 is 84.9. The second-order valence-corrected chi connectivity index (χ2v) is 9.79. The molecule has 0 amide bonds. The summed E-state index contributed by atoms with van der Waals surface area (Å²) in [7, 11) is 1.23. The maximum atomic E-state index is 16.3. The van der Waals surface area contributed by atoms with Crippen LogP contribution in [-0.4, -0.2) is 44.7 Å². The fourth-order valence-electron chi connectivity index (χ4n) is 4.93. The van der Waals surface area contributed by atoms with Gasteiger partial charge in [0.05, 0.1) is 41.0 Å². The van der Waals surface area contributed by atoms with Crippen molar-refractivity contribution in [3.8, 4) is 23.1 Å². The summed E-state index contributed by atoms with van der Waals surface area (Å²) in [6.45, 7) is 4.43. The second kappa shape index (κ2) is 9.98. The number of aromatic nitrogens is 5. The number of halogens is 6. The molecular formula is C25H22ClF5N8O2. The lowest BCUT2D eigenvalue weighted by atomic mass is 10.00. The van der Waals surface area contributed by atoms with Crippen molar-refractivity contribution in [3.63, 3.8) is 0 Å². The Morgan fingerprint density at radius 1 is 1.12 bits per heavy atom. The number of anilines is 3. The zero-order valence-electron chi connectivity index (χ0n) is 21.9. The molecule has 1 aliphatic heterocycles. The summed E-state index contributed by atoms with van der Waals surface area (Å²) in [5.41, 5.74) is 7.23. The Morgan fingerprint density at radius 3 is 2.49 bits per heavy atom. The maximum Gasteiger partial charge on any atom is 0.418 e. The van der Waals surface area contributed by atoms with E-state index in [1.54, 1.807) is 24.8 Å². The highest BCUT2D eigenvalue weighted by Gasteiger charge is 2.41. The van der Waals surface area contributed by atoms with Gasteiger partial charge in [0.25, 0.3) is 0 Å². The van der Waals surface area contributed by atoms with Gasteiger partial charge >= 0.3 is 12.2 Å². The van der Waals surface area contributed by atoms with Gasteiger partial charge in [0.15, 0.2) is 17.5 Å². The molecule has 0 bridgehead atoms. The molecule has 0 aliphatic carbocycles. The largest absolute Gasteiger partial charge is 0.475 e. The third-order valence-corrected chi connectivity index (χ3v) is 6.93. The zero-order valence-corrected chi connectivity index (χ0v) is 22.7. The van der Waals surface area contributed by atoms with E-state index in [0.29, 0.717) is 10.6 Å². The molecule has 5 heterocycles. The molecule has 5 rings (SSSR count). The lowest BCUT2D eigenvalue weighted by Crippen LogP contribution is -2.39. The molecule has 4 aromatic heterocycles. The quantitative estimate of drug-likeness (QED) is 0.300. The average Bonchev–Trinajstić information content (AvgIpc) is 3.04. The van der Waals surface area contributed by atoms with E-state index in [4.69, 9.17) is 32.5 Å². The highest BCUT2D eigenvalue weighted by atomic mass is 35.5. The Labute approximate surface area is 234 Å². The predicted octanol–water partition coefficient (Wildman–Crippen LogP) is 5.26. The van der Waals surface area contributed by atoms with Crippen LogP contribution >= 0.6 is 11.6 Å². The Hall–Kier alpha value is -4.27. The van der Waals surface area contributed by atoms with Crippen molar-refractivity contribution in [3.05, 3.63) is 45.7 Å². The Bertz CT molecular complexity index is 1700. The minimum absolute atomic E-state index is 0.0791. The van der Waals surface area contributed by atoms with Gasteiger partial charge < -0.3 is 25.8 Å². The predicted molar refractivity (Wildman–Crippen MR) is 141 cm³/mol. The fraction of sp³-hybridized carbons (Fsp3) is 0.320. The van der Waals surface area contributed by atoms with Crippen molar-refractivity contribution in [1.82, 2.24) is 24.9 Å². The van der Waals surface area contributed by atoms with Crippen LogP contribution in [0.1, 0.15) is 36.7 Å². The lowest BCUT2D eigenvalue weighted by Gasteiger charge is -2.35. The van der Waals surface area contributed by atoms with Crippen molar-refractivity contribution < 1.29 is 31.4 Å². The lowest BCUT2D eigenvalue weighted by molar-refractivity contribution is -0.138. The molecule has 216 valence electrons. The number of nitrogens with two attached hydrogens (primary N) is 2.